The van der Waals surface area contributed by atoms with Crippen molar-refractivity contribution < 1.29 is 19.1 Å². The molecule has 1 rings (SSSR count). The van der Waals surface area contributed by atoms with Crippen molar-refractivity contribution >= 4 is 11.8 Å². The van der Waals surface area contributed by atoms with Gasteiger partial charge in [-0.2, -0.15) is 0 Å². The minimum atomic E-state index is -0.174. The van der Waals surface area contributed by atoms with Gasteiger partial charge in [0.25, 0.3) is 5.91 Å². The average Bonchev–Trinajstić information content (AvgIpc) is 2.49. The molecule has 0 unspecified atom stereocenters. The van der Waals surface area contributed by atoms with Crippen molar-refractivity contribution in [3.05, 3.63) is 23.8 Å². The van der Waals surface area contributed by atoms with Crippen molar-refractivity contribution in [1.82, 2.24) is 10.6 Å². The maximum absolute atomic E-state index is 12.0. The van der Waals surface area contributed by atoms with E-state index in [2.05, 4.69) is 10.6 Å². The normalized spacial score (nSPS) is 9.86. The molecule has 0 saturated heterocycles. The topological polar surface area (TPSA) is 76.7 Å². The van der Waals surface area contributed by atoms with Crippen molar-refractivity contribution in [3.8, 4) is 11.5 Å². The maximum Gasteiger partial charge on any atom is 0.251 e. The van der Waals surface area contributed by atoms with Gasteiger partial charge in [0.2, 0.25) is 5.91 Å². The lowest BCUT2D eigenvalue weighted by Gasteiger charge is -2.09. The van der Waals surface area contributed by atoms with Crippen LogP contribution in [0.25, 0.3) is 0 Å². The number of hydrogen-bond acceptors (Lipinski definition) is 4. The zero-order valence-electron chi connectivity index (χ0n) is 12.7. The van der Waals surface area contributed by atoms with E-state index in [4.69, 9.17) is 9.47 Å². The second-order valence-corrected chi connectivity index (χ2v) is 4.55. The molecule has 0 fully saturated rings. The molecule has 0 bridgehead atoms. The third-order valence-electron chi connectivity index (χ3n) is 2.88. The van der Waals surface area contributed by atoms with Crippen LogP contribution in [0.1, 0.15) is 30.1 Å². The number of unbranched alkanes of at least 4 members (excludes halogenated alkanes) is 1. The number of ether oxygens (including phenoxy) is 2. The van der Waals surface area contributed by atoms with Gasteiger partial charge >= 0.3 is 0 Å². The molecule has 0 aliphatic carbocycles. The van der Waals surface area contributed by atoms with Crippen LogP contribution in [-0.4, -0.2) is 39.1 Å². The number of carbonyl (C=O) groups excluding carboxylic acids is 2. The van der Waals surface area contributed by atoms with Gasteiger partial charge in [-0.25, -0.2) is 0 Å². The van der Waals surface area contributed by atoms with E-state index in [1.54, 1.807) is 32.4 Å². The Hall–Kier alpha value is -2.24. The molecule has 1 aromatic rings. The standard InChI is InChI=1S/C15H22N2O4/c1-11(18)16-6-4-5-7-17-15(19)12-8-13(20-2)10-14(9-12)21-3/h8-10H,4-7H2,1-3H3,(H,16,18)(H,17,19). The lowest BCUT2D eigenvalue weighted by atomic mass is 10.2. The summed E-state index contributed by atoms with van der Waals surface area (Å²) in [5.74, 6) is 0.935. The van der Waals surface area contributed by atoms with Crippen LogP contribution in [-0.2, 0) is 4.79 Å². The Morgan fingerprint density at radius 1 is 0.952 bits per heavy atom. The van der Waals surface area contributed by atoms with Gasteiger partial charge in [0.05, 0.1) is 14.2 Å². The number of nitrogens with one attached hydrogen (secondary N) is 2. The summed E-state index contributed by atoms with van der Waals surface area (Å²) in [5, 5.41) is 5.54. The second-order valence-electron chi connectivity index (χ2n) is 4.55. The van der Waals surface area contributed by atoms with Crippen LogP contribution < -0.4 is 20.1 Å². The van der Waals surface area contributed by atoms with Gasteiger partial charge in [-0.1, -0.05) is 0 Å². The van der Waals surface area contributed by atoms with Crippen LogP contribution in [0.2, 0.25) is 0 Å². The molecule has 2 amide bonds. The molecule has 116 valence electrons. The number of hydrogen-bond donors (Lipinski definition) is 2. The first-order valence-electron chi connectivity index (χ1n) is 6.82. The van der Waals surface area contributed by atoms with Crippen molar-refractivity contribution in [2.45, 2.75) is 19.8 Å². The zero-order valence-corrected chi connectivity index (χ0v) is 12.7. The maximum atomic E-state index is 12.0. The molecule has 0 aliphatic rings. The number of rotatable bonds is 8. The molecule has 6 nitrogen and oxygen atoms in total. The monoisotopic (exact) mass is 294 g/mol. The second kappa shape index (κ2) is 8.84. The summed E-state index contributed by atoms with van der Waals surface area (Å²) < 4.78 is 10.3. The van der Waals surface area contributed by atoms with Gasteiger partial charge < -0.3 is 20.1 Å². The Morgan fingerprint density at radius 2 is 1.48 bits per heavy atom. The Morgan fingerprint density at radius 3 is 1.95 bits per heavy atom. The summed E-state index contributed by atoms with van der Waals surface area (Å²) in [4.78, 5) is 22.7. The average molecular weight is 294 g/mol. The predicted molar refractivity (Wildman–Crippen MR) is 79.8 cm³/mol. The van der Waals surface area contributed by atoms with Crippen molar-refractivity contribution in [2.75, 3.05) is 27.3 Å². The highest BCUT2D eigenvalue weighted by atomic mass is 16.5. The van der Waals surface area contributed by atoms with Gasteiger partial charge in [-0.15, -0.1) is 0 Å². The van der Waals surface area contributed by atoms with Crippen molar-refractivity contribution in [3.63, 3.8) is 0 Å². The molecule has 2 N–H and O–H groups in total. The minimum Gasteiger partial charge on any atom is -0.497 e. The van der Waals surface area contributed by atoms with E-state index in [1.165, 1.54) is 6.92 Å². The van der Waals surface area contributed by atoms with Gasteiger partial charge in [-0.3, -0.25) is 9.59 Å². The fourth-order valence-corrected chi connectivity index (χ4v) is 1.76. The molecule has 0 heterocycles. The number of methoxy groups -OCH3 is 2. The molecule has 0 atom stereocenters. The van der Waals surface area contributed by atoms with E-state index >= 15 is 0 Å². The first-order valence-corrected chi connectivity index (χ1v) is 6.82. The van der Waals surface area contributed by atoms with Gasteiger partial charge in [0, 0.05) is 31.6 Å². The predicted octanol–water partition coefficient (Wildman–Crippen LogP) is 1.35. The Balaban J connectivity index is 2.43. The van der Waals surface area contributed by atoms with Crippen LogP contribution >= 0.6 is 0 Å². The third kappa shape index (κ3) is 6.16. The summed E-state index contributed by atoms with van der Waals surface area (Å²) in [6.07, 6.45) is 1.62. The Kier molecular flexibility index (Phi) is 7.08. The molecule has 1 aromatic carbocycles. The van der Waals surface area contributed by atoms with Crippen LogP contribution in [0.5, 0.6) is 11.5 Å². The quantitative estimate of drug-likeness (QED) is 0.710. The molecule has 0 saturated carbocycles. The first kappa shape index (κ1) is 16.8. The number of amides is 2. The van der Waals surface area contributed by atoms with Crippen LogP contribution in [0.4, 0.5) is 0 Å². The molecule has 21 heavy (non-hydrogen) atoms. The highest BCUT2D eigenvalue weighted by Crippen LogP contribution is 2.22. The number of benzene rings is 1. The van der Waals surface area contributed by atoms with Crippen molar-refractivity contribution in [1.29, 1.82) is 0 Å². The van der Waals surface area contributed by atoms with Gasteiger partial charge in [-0.05, 0) is 25.0 Å². The molecule has 6 heteroatoms. The Bertz CT molecular complexity index is 466. The van der Waals surface area contributed by atoms with Crippen LogP contribution in [0.3, 0.4) is 0 Å². The third-order valence-corrected chi connectivity index (χ3v) is 2.88. The highest BCUT2D eigenvalue weighted by molar-refractivity contribution is 5.95. The molecular weight excluding hydrogens is 272 g/mol. The zero-order chi connectivity index (χ0) is 15.7. The van der Waals surface area contributed by atoms with Gasteiger partial charge in [0.15, 0.2) is 0 Å². The van der Waals surface area contributed by atoms with Gasteiger partial charge in [0.1, 0.15) is 11.5 Å². The summed E-state index contributed by atoms with van der Waals surface area (Å²) in [6, 6.07) is 5.04. The fraction of sp³-hybridized carbons (Fsp3) is 0.467. The van der Waals surface area contributed by atoms with E-state index in [1.807, 2.05) is 0 Å². The molecule has 0 aliphatic heterocycles. The largest absolute Gasteiger partial charge is 0.497 e. The lowest BCUT2D eigenvalue weighted by molar-refractivity contribution is -0.118. The summed E-state index contributed by atoms with van der Waals surface area (Å²) in [7, 11) is 3.08. The molecule has 0 spiro atoms. The summed E-state index contributed by atoms with van der Waals surface area (Å²) >= 11 is 0. The summed E-state index contributed by atoms with van der Waals surface area (Å²) in [6.45, 7) is 2.66. The molecule has 0 radical (unpaired) electrons. The SMILES string of the molecule is COc1cc(OC)cc(C(=O)NCCCCNC(C)=O)c1. The lowest BCUT2D eigenvalue weighted by Crippen LogP contribution is -2.26. The summed E-state index contributed by atoms with van der Waals surface area (Å²) in [5.41, 5.74) is 0.494. The van der Waals surface area contributed by atoms with E-state index in [-0.39, 0.29) is 11.8 Å². The number of carbonyl (C=O) groups is 2. The fourth-order valence-electron chi connectivity index (χ4n) is 1.76. The smallest absolute Gasteiger partial charge is 0.251 e. The Labute approximate surface area is 124 Å². The van der Waals surface area contributed by atoms with Crippen LogP contribution in [0, 0.1) is 0 Å². The highest BCUT2D eigenvalue weighted by Gasteiger charge is 2.09. The molecular formula is C15H22N2O4. The van der Waals surface area contributed by atoms with Crippen LogP contribution in [0.15, 0.2) is 18.2 Å². The van der Waals surface area contributed by atoms with E-state index in [9.17, 15) is 9.59 Å². The molecule has 0 aromatic heterocycles. The van der Waals surface area contributed by atoms with Crippen molar-refractivity contribution in [2.24, 2.45) is 0 Å². The first-order chi connectivity index (χ1) is 10.1. The van der Waals surface area contributed by atoms with E-state index in [0.717, 1.165) is 12.8 Å². The minimum absolute atomic E-state index is 0.0393. The van der Waals surface area contributed by atoms with E-state index in [0.29, 0.717) is 30.2 Å². The van der Waals surface area contributed by atoms with E-state index < -0.39 is 0 Å².